The number of amides is 1. The second kappa shape index (κ2) is 10.0. The molecule has 0 aromatic carbocycles. The van der Waals surface area contributed by atoms with Crippen molar-refractivity contribution in [2.24, 2.45) is 0 Å². The van der Waals surface area contributed by atoms with Gasteiger partial charge in [0.2, 0.25) is 11.9 Å². The third kappa shape index (κ3) is 6.16. The van der Waals surface area contributed by atoms with E-state index in [9.17, 15) is 4.79 Å². The molecule has 0 N–H and O–H groups in total. The van der Waals surface area contributed by atoms with Gasteiger partial charge in [0.15, 0.2) is 0 Å². The highest BCUT2D eigenvalue weighted by atomic mass is 79.9. The molecular weight excluding hydrogens is 410 g/mol. The predicted octanol–water partition coefficient (Wildman–Crippen LogP) is 1.39. The molecule has 0 radical (unpaired) electrons. The largest absolute Gasteiger partial charge is 0.365 e. The van der Waals surface area contributed by atoms with Gasteiger partial charge in [0.25, 0.3) is 0 Å². The predicted molar refractivity (Wildman–Crippen MR) is 107 cm³/mol. The Balaban J connectivity index is 1.30. The number of piperazine rings is 1. The number of carbonyl (C=O) groups is 1. The standard InChI is InChI=1S/C19H26BrN5O2/c1-16(26)24-11-9-23(10-12-24)6-2-3-13-27-18-4-7-25(8-5-18)19-21-14-17(20)15-22-19/h14-15,18H,4-13H2,1H3. The van der Waals surface area contributed by atoms with Crippen LogP contribution in [-0.2, 0) is 9.53 Å². The third-order valence-electron chi connectivity index (χ3n) is 4.97. The molecule has 2 aliphatic heterocycles. The van der Waals surface area contributed by atoms with Crippen molar-refractivity contribution in [3.63, 3.8) is 0 Å². The first-order valence-corrected chi connectivity index (χ1v) is 10.2. The van der Waals surface area contributed by atoms with Gasteiger partial charge in [-0.2, -0.15) is 0 Å². The van der Waals surface area contributed by atoms with E-state index in [0.29, 0.717) is 6.61 Å². The van der Waals surface area contributed by atoms with Crippen molar-refractivity contribution in [2.45, 2.75) is 25.9 Å². The van der Waals surface area contributed by atoms with Crippen molar-refractivity contribution in [3.8, 4) is 11.8 Å². The van der Waals surface area contributed by atoms with Gasteiger partial charge in [-0.1, -0.05) is 11.8 Å². The zero-order valence-corrected chi connectivity index (χ0v) is 17.3. The van der Waals surface area contributed by atoms with E-state index in [2.05, 4.69) is 47.5 Å². The molecule has 0 spiro atoms. The molecule has 0 saturated carbocycles. The molecule has 7 nitrogen and oxygen atoms in total. The quantitative estimate of drug-likeness (QED) is 0.665. The van der Waals surface area contributed by atoms with Crippen molar-refractivity contribution < 1.29 is 9.53 Å². The van der Waals surface area contributed by atoms with Crippen LogP contribution in [0.4, 0.5) is 5.95 Å². The summed E-state index contributed by atoms with van der Waals surface area (Å²) in [5.41, 5.74) is 0. The molecule has 0 unspecified atom stereocenters. The lowest BCUT2D eigenvalue weighted by molar-refractivity contribution is -0.130. The van der Waals surface area contributed by atoms with Crippen molar-refractivity contribution in [1.82, 2.24) is 19.8 Å². The number of ether oxygens (including phenoxy) is 1. The smallest absolute Gasteiger partial charge is 0.225 e. The number of anilines is 1. The van der Waals surface area contributed by atoms with E-state index in [1.807, 2.05) is 4.90 Å². The molecule has 2 fully saturated rings. The van der Waals surface area contributed by atoms with Crippen LogP contribution in [0.25, 0.3) is 0 Å². The van der Waals surface area contributed by atoms with Gasteiger partial charge in [-0.05, 0) is 28.8 Å². The van der Waals surface area contributed by atoms with Gasteiger partial charge in [0.05, 0.1) is 17.1 Å². The summed E-state index contributed by atoms with van der Waals surface area (Å²) >= 11 is 3.36. The summed E-state index contributed by atoms with van der Waals surface area (Å²) in [6, 6.07) is 0. The van der Waals surface area contributed by atoms with Gasteiger partial charge >= 0.3 is 0 Å². The van der Waals surface area contributed by atoms with Crippen LogP contribution in [0.1, 0.15) is 19.8 Å². The Morgan fingerprint density at radius 3 is 2.44 bits per heavy atom. The highest BCUT2D eigenvalue weighted by Gasteiger charge is 2.21. The molecule has 27 heavy (non-hydrogen) atoms. The van der Waals surface area contributed by atoms with Gasteiger partial charge < -0.3 is 14.5 Å². The first kappa shape index (κ1) is 20.1. The Labute approximate surface area is 169 Å². The molecule has 146 valence electrons. The van der Waals surface area contributed by atoms with Crippen LogP contribution in [0.3, 0.4) is 0 Å². The number of piperidine rings is 1. The van der Waals surface area contributed by atoms with Crippen LogP contribution < -0.4 is 4.90 Å². The van der Waals surface area contributed by atoms with Crippen molar-refractivity contribution >= 4 is 27.8 Å². The van der Waals surface area contributed by atoms with Crippen LogP contribution >= 0.6 is 15.9 Å². The summed E-state index contributed by atoms with van der Waals surface area (Å²) in [4.78, 5) is 26.4. The number of hydrogen-bond donors (Lipinski definition) is 0. The fraction of sp³-hybridized carbons (Fsp3) is 0.632. The molecular formula is C19H26BrN5O2. The lowest BCUT2D eigenvalue weighted by Gasteiger charge is -2.33. The fourth-order valence-corrected chi connectivity index (χ4v) is 3.50. The summed E-state index contributed by atoms with van der Waals surface area (Å²) in [6.45, 7) is 8.05. The molecule has 1 aromatic rings. The Kier molecular flexibility index (Phi) is 7.44. The van der Waals surface area contributed by atoms with E-state index < -0.39 is 0 Å². The first-order chi connectivity index (χ1) is 13.1. The molecule has 3 rings (SSSR count). The zero-order valence-electron chi connectivity index (χ0n) is 15.7. The van der Waals surface area contributed by atoms with Crippen molar-refractivity contribution in [2.75, 3.05) is 57.3 Å². The summed E-state index contributed by atoms with van der Waals surface area (Å²) in [5.74, 6) is 7.25. The number of nitrogens with zero attached hydrogens (tertiary/aromatic N) is 5. The monoisotopic (exact) mass is 435 g/mol. The van der Waals surface area contributed by atoms with Crippen LogP contribution in [0, 0.1) is 11.8 Å². The fourth-order valence-electron chi connectivity index (χ4n) is 3.29. The van der Waals surface area contributed by atoms with Gasteiger partial charge in [0, 0.05) is 58.6 Å². The van der Waals surface area contributed by atoms with Gasteiger partial charge in [-0.25, -0.2) is 9.97 Å². The number of carbonyl (C=O) groups excluding carboxylic acids is 1. The molecule has 0 bridgehead atoms. The maximum Gasteiger partial charge on any atom is 0.225 e. The summed E-state index contributed by atoms with van der Waals surface area (Å²) in [5, 5.41) is 0. The van der Waals surface area contributed by atoms with Gasteiger partial charge in [-0.3, -0.25) is 9.69 Å². The zero-order chi connectivity index (χ0) is 19.1. The van der Waals surface area contributed by atoms with Crippen LogP contribution in [0.5, 0.6) is 0 Å². The summed E-state index contributed by atoms with van der Waals surface area (Å²) in [6.07, 6.45) is 5.74. The third-order valence-corrected chi connectivity index (χ3v) is 5.38. The number of aromatic nitrogens is 2. The molecule has 2 saturated heterocycles. The lowest BCUT2D eigenvalue weighted by atomic mass is 10.1. The van der Waals surface area contributed by atoms with Gasteiger partial charge in [-0.15, -0.1) is 0 Å². The number of hydrogen-bond acceptors (Lipinski definition) is 6. The summed E-state index contributed by atoms with van der Waals surface area (Å²) < 4.78 is 6.80. The second-order valence-corrected chi connectivity index (χ2v) is 7.75. The second-order valence-electron chi connectivity index (χ2n) is 6.83. The Morgan fingerprint density at radius 2 is 1.81 bits per heavy atom. The Hall–Kier alpha value is -1.69. The molecule has 3 heterocycles. The van der Waals surface area contributed by atoms with Crippen LogP contribution in [0.2, 0.25) is 0 Å². The van der Waals surface area contributed by atoms with Crippen LogP contribution in [0.15, 0.2) is 16.9 Å². The van der Waals surface area contributed by atoms with Crippen molar-refractivity contribution in [1.29, 1.82) is 0 Å². The molecule has 8 heteroatoms. The van der Waals surface area contributed by atoms with E-state index in [1.165, 1.54) is 0 Å². The average molecular weight is 436 g/mol. The van der Waals surface area contributed by atoms with E-state index in [4.69, 9.17) is 4.74 Å². The minimum absolute atomic E-state index is 0.159. The molecule has 0 aliphatic carbocycles. The van der Waals surface area contributed by atoms with E-state index >= 15 is 0 Å². The SMILES string of the molecule is CC(=O)N1CCN(CC#CCOC2CCN(c3ncc(Br)cn3)CC2)CC1. The average Bonchev–Trinajstić information content (AvgIpc) is 2.69. The minimum Gasteiger partial charge on any atom is -0.365 e. The molecule has 0 atom stereocenters. The summed E-state index contributed by atoms with van der Waals surface area (Å²) in [7, 11) is 0. The first-order valence-electron chi connectivity index (χ1n) is 9.39. The maximum atomic E-state index is 11.3. The highest BCUT2D eigenvalue weighted by Crippen LogP contribution is 2.18. The lowest BCUT2D eigenvalue weighted by Crippen LogP contribution is -2.47. The van der Waals surface area contributed by atoms with E-state index in [-0.39, 0.29) is 12.0 Å². The highest BCUT2D eigenvalue weighted by molar-refractivity contribution is 9.10. The molecule has 1 amide bonds. The number of rotatable bonds is 4. The Bertz CT molecular complexity index is 672. The molecule has 2 aliphatic rings. The normalized spacial score (nSPS) is 18.9. The van der Waals surface area contributed by atoms with E-state index in [0.717, 1.165) is 69.1 Å². The number of halogens is 1. The van der Waals surface area contributed by atoms with Crippen LogP contribution in [-0.4, -0.2) is 84.2 Å². The van der Waals surface area contributed by atoms with Gasteiger partial charge in [0.1, 0.15) is 6.61 Å². The van der Waals surface area contributed by atoms with Crippen molar-refractivity contribution in [3.05, 3.63) is 16.9 Å². The maximum absolute atomic E-state index is 11.3. The Morgan fingerprint density at radius 1 is 1.15 bits per heavy atom. The van der Waals surface area contributed by atoms with E-state index in [1.54, 1.807) is 19.3 Å². The topological polar surface area (TPSA) is 61.8 Å². The molecule has 1 aromatic heterocycles. The minimum atomic E-state index is 0.159.